The van der Waals surface area contributed by atoms with Crippen LogP contribution in [0, 0.1) is 13.8 Å². The molecule has 3 rings (SSSR count). The average Bonchev–Trinajstić information content (AvgIpc) is 3.09. The van der Waals surface area contributed by atoms with Gasteiger partial charge in [-0.2, -0.15) is 0 Å². The summed E-state index contributed by atoms with van der Waals surface area (Å²) in [6.07, 6.45) is 2.41. The number of hydrogen-bond donors (Lipinski definition) is 2. The second-order valence-corrected chi connectivity index (χ2v) is 6.15. The van der Waals surface area contributed by atoms with Gasteiger partial charge in [0.15, 0.2) is 0 Å². The Kier molecular flexibility index (Phi) is 4.93. The van der Waals surface area contributed by atoms with Gasteiger partial charge in [0.05, 0.1) is 6.54 Å². The lowest BCUT2D eigenvalue weighted by Crippen LogP contribution is -2.29. The van der Waals surface area contributed by atoms with Gasteiger partial charge in [-0.05, 0) is 38.8 Å². The standard InChI is InChI=1S/C18H23N5O/c1-13-5-7-15(8-6-13)21-18(24)19-12-16-20-14(2)11-17(22-16)23-9-3-4-10-23/h5-8,11H,3-4,9-10,12H2,1-2H3,(H2,19,21,24). The summed E-state index contributed by atoms with van der Waals surface area (Å²) in [5.41, 5.74) is 2.84. The lowest BCUT2D eigenvalue weighted by Gasteiger charge is -2.17. The number of benzene rings is 1. The maximum atomic E-state index is 12.0. The fraction of sp³-hybridized carbons (Fsp3) is 0.389. The molecule has 2 N–H and O–H groups in total. The lowest BCUT2D eigenvalue weighted by atomic mass is 10.2. The predicted octanol–water partition coefficient (Wildman–Crippen LogP) is 3.02. The van der Waals surface area contributed by atoms with Gasteiger partial charge >= 0.3 is 6.03 Å². The summed E-state index contributed by atoms with van der Waals surface area (Å²) in [4.78, 5) is 23.3. The summed E-state index contributed by atoms with van der Waals surface area (Å²) in [5.74, 6) is 1.59. The zero-order chi connectivity index (χ0) is 16.9. The Labute approximate surface area is 142 Å². The molecule has 0 radical (unpaired) electrons. The highest BCUT2D eigenvalue weighted by Gasteiger charge is 2.15. The molecule has 0 unspecified atom stereocenters. The Morgan fingerprint density at radius 1 is 1.12 bits per heavy atom. The van der Waals surface area contributed by atoms with Crippen LogP contribution in [0.15, 0.2) is 30.3 Å². The van der Waals surface area contributed by atoms with Gasteiger partial charge in [-0.25, -0.2) is 14.8 Å². The molecule has 1 saturated heterocycles. The zero-order valence-electron chi connectivity index (χ0n) is 14.2. The molecule has 0 atom stereocenters. The van der Waals surface area contributed by atoms with E-state index in [0.29, 0.717) is 12.4 Å². The number of nitrogens with one attached hydrogen (secondary N) is 2. The molecule has 1 aliphatic heterocycles. The Hall–Kier alpha value is -2.63. The van der Waals surface area contributed by atoms with E-state index >= 15 is 0 Å². The first-order valence-corrected chi connectivity index (χ1v) is 8.31. The van der Waals surface area contributed by atoms with E-state index in [9.17, 15) is 4.79 Å². The predicted molar refractivity (Wildman–Crippen MR) is 95.3 cm³/mol. The van der Waals surface area contributed by atoms with Crippen molar-refractivity contribution in [1.29, 1.82) is 0 Å². The molecule has 1 fully saturated rings. The first kappa shape index (κ1) is 16.2. The van der Waals surface area contributed by atoms with Gasteiger partial charge < -0.3 is 15.5 Å². The van der Waals surface area contributed by atoms with Crippen molar-refractivity contribution in [2.75, 3.05) is 23.3 Å². The van der Waals surface area contributed by atoms with Gasteiger partial charge in [0.2, 0.25) is 0 Å². The number of aromatic nitrogens is 2. The molecule has 0 bridgehead atoms. The minimum Gasteiger partial charge on any atom is -0.357 e. The van der Waals surface area contributed by atoms with Crippen LogP contribution in [0.5, 0.6) is 0 Å². The van der Waals surface area contributed by atoms with Gasteiger partial charge in [-0.1, -0.05) is 17.7 Å². The van der Waals surface area contributed by atoms with Crippen LogP contribution in [0.1, 0.15) is 29.9 Å². The summed E-state index contributed by atoms with van der Waals surface area (Å²) < 4.78 is 0. The second-order valence-electron chi connectivity index (χ2n) is 6.15. The van der Waals surface area contributed by atoms with E-state index in [1.165, 1.54) is 12.8 Å². The van der Waals surface area contributed by atoms with Crippen LogP contribution in [-0.2, 0) is 6.54 Å². The fourth-order valence-corrected chi connectivity index (χ4v) is 2.77. The van der Waals surface area contributed by atoms with Crippen molar-refractivity contribution in [1.82, 2.24) is 15.3 Å². The topological polar surface area (TPSA) is 70.2 Å². The van der Waals surface area contributed by atoms with E-state index in [0.717, 1.165) is 35.9 Å². The summed E-state index contributed by atoms with van der Waals surface area (Å²) in [6, 6.07) is 9.42. The van der Waals surface area contributed by atoms with Crippen molar-refractivity contribution in [2.24, 2.45) is 0 Å². The molecular formula is C18H23N5O. The van der Waals surface area contributed by atoms with Crippen LogP contribution in [0.4, 0.5) is 16.3 Å². The largest absolute Gasteiger partial charge is 0.357 e. The lowest BCUT2D eigenvalue weighted by molar-refractivity contribution is 0.251. The summed E-state index contributed by atoms with van der Waals surface area (Å²) in [5, 5.41) is 5.62. The number of carbonyl (C=O) groups excluding carboxylic acids is 1. The fourth-order valence-electron chi connectivity index (χ4n) is 2.77. The molecule has 1 aliphatic rings. The maximum Gasteiger partial charge on any atom is 0.319 e. The first-order chi connectivity index (χ1) is 11.6. The zero-order valence-corrected chi connectivity index (χ0v) is 14.2. The summed E-state index contributed by atoms with van der Waals surface area (Å²) in [7, 11) is 0. The number of aryl methyl sites for hydroxylation is 2. The van der Waals surface area contributed by atoms with Gasteiger partial charge in [-0.3, -0.25) is 0 Å². The van der Waals surface area contributed by atoms with Crippen molar-refractivity contribution in [3.8, 4) is 0 Å². The van der Waals surface area contributed by atoms with E-state index in [2.05, 4.69) is 25.5 Å². The Morgan fingerprint density at radius 3 is 2.54 bits per heavy atom. The quantitative estimate of drug-likeness (QED) is 0.906. The van der Waals surface area contributed by atoms with E-state index in [1.807, 2.05) is 44.2 Å². The van der Waals surface area contributed by atoms with Crippen molar-refractivity contribution < 1.29 is 4.79 Å². The molecule has 2 aromatic rings. The molecule has 1 aromatic heterocycles. The number of rotatable bonds is 4. The van der Waals surface area contributed by atoms with E-state index in [1.54, 1.807) is 0 Å². The molecule has 0 saturated carbocycles. The van der Waals surface area contributed by atoms with Crippen LogP contribution in [0.2, 0.25) is 0 Å². The highest BCUT2D eigenvalue weighted by molar-refractivity contribution is 5.89. The van der Waals surface area contributed by atoms with Crippen molar-refractivity contribution >= 4 is 17.5 Å². The molecule has 6 heteroatoms. The van der Waals surface area contributed by atoms with Crippen LogP contribution >= 0.6 is 0 Å². The Morgan fingerprint density at radius 2 is 1.83 bits per heavy atom. The summed E-state index contributed by atoms with van der Waals surface area (Å²) in [6.45, 7) is 6.35. The second kappa shape index (κ2) is 7.29. The minimum atomic E-state index is -0.258. The van der Waals surface area contributed by atoms with E-state index < -0.39 is 0 Å². The normalized spacial score (nSPS) is 13.8. The summed E-state index contributed by atoms with van der Waals surface area (Å²) >= 11 is 0. The number of carbonyl (C=O) groups is 1. The molecule has 0 aliphatic carbocycles. The number of urea groups is 1. The Balaban J connectivity index is 1.59. The molecule has 6 nitrogen and oxygen atoms in total. The smallest absolute Gasteiger partial charge is 0.319 e. The van der Waals surface area contributed by atoms with Gasteiger partial charge in [-0.15, -0.1) is 0 Å². The van der Waals surface area contributed by atoms with Crippen LogP contribution in [0.25, 0.3) is 0 Å². The average molecular weight is 325 g/mol. The van der Waals surface area contributed by atoms with Gasteiger partial charge in [0.25, 0.3) is 0 Å². The number of nitrogens with zero attached hydrogens (tertiary/aromatic N) is 3. The van der Waals surface area contributed by atoms with Gasteiger partial charge in [0.1, 0.15) is 11.6 Å². The first-order valence-electron chi connectivity index (χ1n) is 8.31. The van der Waals surface area contributed by atoms with E-state index in [4.69, 9.17) is 0 Å². The van der Waals surface area contributed by atoms with Crippen molar-refractivity contribution in [3.05, 3.63) is 47.4 Å². The molecule has 0 spiro atoms. The number of amides is 2. The highest BCUT2D eigenvalue weighted by atomic mass is 16.2. The van der Waals surface area contributed by atoms with Crippen LogP contribution in [0.3, 0.4) is 0 Å². The van der Waals surface area contributed by atoms with Crippen LogP contribution < -0.4 is 15.5 Å². The van der Waals surface area contributed by atoms with Crippen molar-refractivity contribution in [3.63, 3.8) is 0 Å². The third-order valence-electron chi connectivity index (χ3n) is 4.03. The maximum absolute atomic E-state index is 12.0. The minimum absolute atomic E-state index is 0.258. The molecule has 2 amide bonds. The molecule has 2 heterocycles. The number of anilines is 2. The van der Waals surface area contributed by atoms with Crippen LogP contribution in [-0.4, -0.2) is 29.1 Å². The highest BCUT2D eigenvalue weighted by Crippen LogP contribution is 2.18. The Bertz CT molecular complexity index is 708. The number of hydrogen-bond acceptors (Lipinski definition) is 4. The molecule has 1 aromatic carbocycles. The molecular weight excluding hydrogens is 302 g/mol. The third-order valence-corrected chi connectivity index (χ3v) is 4.03. The molecule has 24 heavy (non-hydrogen) atoms. The van der Waals surface area contributed by atoms with Gasteiger partial charge in [0, 0.05) is 30.5 Å². The monoisotopic (exact) mass is 325 g/mol. The third kappa shape index (κ3) is 4.22. The van der Waals surface area contributed by atoms with E-state index in [-0.39, 0.29) is 6.03 Å². The van der Waals surface area contributed by atoms with Crippen molar-refractivity contribution in [2.45, 2.75) is 33.2 Å². The molecule has 126 valence electrons. The SMILES string of the molecule is Cc1ccc(NC(=O)NCc2nc(C)cc(N3CCCC3)n2)cc1.